The molecule has 110 valence electrons. The molecule has 4 heteroatoms. The molecule has 0 aromatic heterocycles. The van der Waals surface area contributed by atoms with Crippen molar-refractivity contribution in [3.63, 3.8) is 0 Å². The molecule has 0 aliphatic heterocycles. The van der Waals surface area contributed by atoms with E-state index >= 15 is 0 Å². The van der Waals surface area contributed by atoms with Crippen molar-refractivity contribution in [1.82, 2.24) is 0 Å². The summed E-state index contributed by atoms with van der Waals surface area (Å²) in [6.07, 6.45) is 10.5. The van der Waals surface area contributed by atoms with E-state index in [1.165, 1.54) is 37.9 Å². The van der Waals surface area contributed by atoms with Gasteiger partial charge in [0.25, 0.3) is 0 Å². The molecule has 2 aliphatic rings. The van der Waals surface area contributed by atoms with Crippen molar-refractivity contribution in [2.45, 2.75) is 63.9 Å². The topological polar surface area (TPSA) is 37.3 Å². The standard InChI is InChI=1S/C15H26O2SSe/c16-14-8-6-13(7-9-14)15(17)19-11-18-10-12-4-2-1-3-5-12/h12-14,16H,1-11H2. The van der Waals surface area contributed by atoms with Crippen molar-refractivity contribution in [3.8, 4) is 0 Å². The molecular formula is C15H26O2SSe. The molecule has 2 saturated carbocycles. The third-order valence-corrected chi connectivity index (χ3v) is 8.47. The molecule has 0 bridgehead atoms. The number of hydrogen-bond acceptors (Lipinski definition) is 3. The first-order chi connectivity index (χ1) is 9.25. The van der Waals surface area contributed by atoms with Gasteiger partial charge in [-0.15, -0.1) is 0 Å². The number of carbonyl (C=O) groups excluding carboxylic acids is 1. The van der Waals surface area contributed by atoms with Gasteiger partial charge in [-0.1, -0.05) is 0 Å². The Hall–Kier alpha value is 0.499. The first-order valence-corrected chi connectivity index (χ1v) is 10.9. The van der Waals surface area contributed by atoms with Crippen LogP contribution >= 0.6 is 11.8 Å². The Balaban J connectivity index is 1.53. The predicted molar refractivity (Wildman–Crippen MR) is 82.6 cm³/mol. The van der Waals surface area contributed by atoms with Gasteiger partial charge in [-0.05, 0) is 0 Å². The maximum absolute atomic E-state index is 12.1. The molecule has 2 rings (SSSR count). The summed E-state index contributed by atoms with van der Waals surface area (Å²) in [5.74, 6) is 2.48. The number of aliphatic hydroxyl groups is 1. The van der Waals surface area contributed by atoms with Gasteiger partial charge in [0.15, 0.2) is 0 Å². The van der Waals surface area contributed by atoms with Gasteiger partial charge in [0.05, 0.1) is 0 Å². The van der Waals surface area contributed by atoms with Gasteiger partial charge in [0, 0.05) is 0 Å². The molecule has 0 aromatic rings. The quantitative estimate of drug-likeness (QED) is 0.592. The van der Waals surface area contributed by atoms with Gasteiger partial charge in [0.2, 0.25) is 0 Å². The Kier molecular flexibility index (Phi) is 7.28. The summed E-state index contributed by atoms with van der Waals surface area (Å²) in [6, 6.07) is 0. The van der Waals surface area contributed by atoms with E-state index in [0.717, 1.165) is 36.3 Å². The van der Waals surface area contributed by atoms with Crippen LogP contribution in [0.2, 0.25) is 0 Å². The zero-order chi connectivity index (χ0) is 13.5. The number of aliphatic hydroxyl groups excluding tert-OH is 1. The molecule has 0 saturated heterocycles. The molecular weight excluding hydrogens is 323 g/mol. The van der Waals surface area contributed by atoms with Crippen LogP contribution in [0.15, 0.2) is 0 Å². The molecule has 2 aliphatic carbocycles. The fourth-order valence-corrected chi connectivity index (χ4v) is 6.91. The molecule has 0 radical (unpaired) electrons. The molecule has 19 heavy (non-hydrogen) atoms. The average Bonchev–Trinajstić information content (AvgIpc) is 2.45. The Morgan fingerprint density at radius 1 is 1.05 bits per heavy atom. The summed E-state index contributed by atoms with van der Waals surface area (Å²) in [4.78, 5) is 12.1. The summed E-state index contributed by atoms with van der Waals surface area (Å²) in [6.45, 7) is 0. The minimum absolute atomic E-state index is 0.141. The number of rotatable bonds is 6. The van der Waals surface area contributed by atoms with Crippen LogP contribution in [-0.2, 0) is 4.79 Å². The van der Waals surface area contributed by atoms with Crippen LogP contribution in [0.5, 0.6) is 0 Å². The predicted octanol–water partition coefficient (Wildman–Crippen LogP) is 3.04. The van der Waals surface area contributed by atoms with Crippen molar-refractivity contribution in [1.29, 1.82) is 0 Å². The molecule has 0 heterocycles. The van der Waals surface area contributed by atoms with Gasteiger partial charge in [0.1, 0.15) is 0 Å². The normalized spacial score (nSPS) is 29.3. The second-order valence-electron chi connectivity index (χ2n) is 5.96. The first-order valence-electron chi connectivity index (χ1n) is 7.68. The molecule has 2 fully saturated rings. The second-order valence-corrected chi connectivity index (χ2v) is 9.87. The van der Waals surface area contributed by atoms with Gasteiger partial charge >= 0.3 is 127 Å². The van der Waals surface area contributed by atoms with Crippen LogP contribution in [0.25, 0.3) is 0 Å². The zero-order valence-corrected chi connectivity index (χ0v) is 14.2. The number of hydrogen-bond donors (Lipinski definition) is 1. The van der Waals surface area contributed by atoms with Gasteiger partial charge in [-0.2, -0.15) is 0 Å². The van der Waals surface area contributed by atoms with E-state index in [4.69, 9.17) is 0 Å². The number of thioether (sulfide) groups is 1. The zero-order valence-electron chi connectivity index (χ0n) is 11.7. The van der Waals surface area contributed by atoms with E-state index in [9.17, 15) is 9.90 Å². The minimum atomic E-state index is -0.141. The summed E-state index contributed by atoms with van der Waals surface area (Å²) < 4.78 is 1.58. The van der Waals surface area contributed by atoms with Crippen molar-refractivity contribution < 1.29 is 9.90 Å². The monoisotopic (exact) mass is 350 g/mol. The van der Waals surface area contributed by atoms with Crippen LogP contribution in [-0.4, -0.2) is 41.3 Å². The fourth-order valence-electron chi connectivity index (χ4n) is 3.10. The fraction of sp³-hybridized carbons (Fsp3) is 0.933. The SMILES string of the molecule is O=C([Se]CSCC1CCCCC1)C1CCC(O)CC1. The Morgan fingerprint density at radius 2 is 1.74 bits per heavy atom. The molecule has 1 N–H and O–H groups in total. The third-order valence-electron chi connectivity index (χ3n) is 4.39. The van der Waals surface area contributed by atoms with Crippen LogP contribution < -0.4 is 0 Å². The molecule has 2 nitrogen and oxygen atoms in total. The summed E-state index contributed by atoms with van der Waals surface area (Å²) in [7, 11) is 0. The van der Waals surface area contributed by atoms with E-state index in [2.05, 4.69) is 0 Å². The number of carbonyl (C=O) groups is 1. The molecule has 0 atom stereocenters. The third kappa shape index (κ3) is 5.79. The molecule has 0 spiro atoms. The van der Waals surface area contributed by atoms with Crippen molar-refractivity contribution in [2.75, 3.05) is 10.4 Å². The van der Waals surface area contributed by atoms with Crippen LogP contribution in [0.3, 0.4) is 0 Å². The van der Waals surface area contributed by atoms with Crippen LogP contribution in [0.1, 0.15) is 57.8 Å². The Morgan fingerprint density at radius 3 is 2.42 bits per heavy atom. The summed E-state index contributed by atoms with van der Waals surface area (Å²) >= 11 is 2.18. The second kappa shape index (κ2) is 8.71. The Labute approximate surface area is 127 Å². The van der Waals surface area contributed by atoms with Crippen LogP contribution in [0.4, 0.5) is 0 Å². The van der Waals surface area contributed by atoms with E-state index in [0.29, 0.717) is 4.68 Å². The summed E-state index contributed by atoms with van der Waals surface area (Å²) in [5, 5.41) is 9.46. The first kappa shape index (κ1) is 15.9. The van der Waals surface area contributed by atoms with Crippen LogP contribution in [0, 0.1) is 11.8 Å². The van der Waals surface area contributed by atoms with E-state index in [1.807, 2.05) is 11.8 Å². The maximum atomic E-state index is 12.1. The van der Waals surface area contributed by atoms with Crippen molar-refractivity contribution in [3.05, 3.63) is 0 Å². The van der Waals surface area contributed by atoms with Crippen molar-refractivity contribution in [2.24, 2.45) is 11.8 Å². The van der Waals surface area contributed by atoms with E-state index in [1.54, 1.807) is 0 Å². The molecule has 0 unspecified atom stereocenters. The van der Waals surface area contributed by atoms with Gasteiger partial charge < -0.3 is 0 Å². The van der Waals surface area contributed by atoms with Gasteiger partial charge in [-0.3, -0.25) is 0 Å². The van der Waals surface area contributed by atoms with E-state index in [-0.39, 0.29) is 27.0 Å². The van der Waals surface area contributed by atoms with Gasteiger partial charge in [-0.25, -0.2) is 0 Å². The van der Waals surface area contributed by atoms with E-state index < -0.39 is 0 Å². The van der Waals surface area contributed by atoms with Crippen molar-refractivity contribution >= 4 is 31.4 Å². The molecule has 0 amide bonds. The summed E-state index contributed by atoms with van der Waals surface area (Å²) in [5.41, 5.74) is 0. The molecule has 0 aromatic carbocycles. The Bertz CT molecular complexity index is 271. The average molecular weight is 349 g/mol.